The number of hydrogen-bond acceptors (Lipinski definition) is 3. The number of benzene rings is 4. The smallest absolute Gasteiger partial charge is 0.416 e. The molecule has 8 heteroatoms. The van der Waals surface area contributed by atoms with E-state index in [4.69, 9.17) is 0 Å². The van der Waals surface area contributed by atoms with Crippen LogP contribution >= 0.6 is 11.8 Å². The summed E-state index contributed by atoms with van der Waals surface area (Å²) in [5.74, 6) is -1.03. The zero-order valence-corrected chi connectivity index (χ0v) is 20.6. The van der Waals surface area contributed by atoms with Crippen molar-refractivity contribution in [3.8, 4) is 11.1 Å². The summed E-state index contributed by atoms with van der Waals surface area (Å²) >= 11 is 1.19. The van der Waals surface area contributed by atoms with Crippen LogP contribution in [-0.2, 0) is 17.4 Å². The Hall–Kier alpha value is -4.04. The van der Waals surface area contributed by atoms with Crippen molar-refractivity contribution in [2.75, 3.05) is 5.75 Å². The monoisotopic (exact) mass is 531 g/mol. The van der Waals surface area contributed by atoms with Gasteiger partial charge >= 0.3 is 12.1 Å². The maximum absolute atomic E-state index is 13.6. The van der Waals surface area contributed by atoms with Crippen molar-refractivity contribution in [2.24, 2.45) is 0 Å². The molecule has 1 aromatic heterocycles. The van der Waals surface area contributed by atoms with E-state index in [1.165, 1.54) is 28.5 Å². The molecule has 0 saturated heterocycles. The fraction of sp³-hybridized carbons (Fsp3) is 0.133. The summed E-state index contributed by atoms with van der Waals surface area (Å²) in [7, 11) is 0. The van der Waals surface area contributed by atoms with Crippen LogP contribution < -0.4 is 5.56 Å². The first-order chi connectivity index (χ1) is 18.2. The predicted molar refractivity (Wildman–Crippen MR) is 143 cm³/mol. The maximum Gasteiger partial charge on any atom is 0.416 e. The van der Waals surface area contributed by atoms with E-state index in [1.54, 1.807) is 6.07 Å². The Balaban J connectivity index is 1.64. The number of hydrogen-bond donors (Lipinski definition) is 1. The van der Waals surface area contributed by atoms with E-state index in [9.17, 15) is 27.9 Å². The lowest BCUT2D eigenvalue weighted by Gasteiger charge is -2.19. The second kappa shape index (κ2) is 9.06. The van der Waals surface area contributed by atoms with Crippen LogP contribution in [0.15, 0.2) is 94.7 Å². The van der Waals surface area contributed by atoms with Crippen molar-refractivity contribution in [3.63, 3.8) is 0 Å². The number of carbonyl (C=O) groups is 1. The van der Waals surface area contributed by atoms with Crippen LogP contribution in [0.25, 0.3) is 32.7 Å². The van der Waals surface area contributed by atoms with Crippen LogP contribution in [0.5, 0.6) is 0 Å². The largest absolute Gasteiger partial charge is 0.480 e. The van der Waals surface area contributed by atoms with Gasteiger partial charge in [-0.05, 0) is 62.9 Å². The highest BCUT2D eigenvalue weighted by molar-refractivity contribution is 7.99. The van der Waals surface area contributed by atoms with E-state index in [-0.39, 0.29) is 12.2 Å². The Morgan fingerprint density at radius 2 is 1.58 bits per heavy atom. The van der Waals surface area contributed by atoms with Gasteiger partial charge in [0.1, 0.15) is 6.04 Å². The standard InChI is InChI=1S/C30H20F3NO3S/c31-30(32,33)21-9-5-8-19(13-21)27-20(15-26(35)34-25(29(36)37)16-38-28(27)34)14-24-22-10-3-1-6-17(22)12-18-7-2-4-11-23(18)24/h1-13,15,25H,14,16H2,(H,36,37)/t25-/m0/s1. The minimum atomic E-state index is -4.55. The quantitative estimate of drug-likeness (QED) is 0.250. The fourth-order valence-electron chi connectivity index (χ4n) is 5.29. The Kier molecular flexibility index (Phi) is 5.79. The highest BCUT2D eigenvalue weighted by Gasteiger charge is 2.35. The normalized spacial score (nSPS) is 15.2. The Morgan fingerprint density at radius 3 is 2.21 bits per heavy atom. The number of rotatable bonds is 4. The highest BCUT2D eigenvalue weighted by atomic mass is 32.2. The number of aromatic nitrogens is 1. The summed E-state index contributed by atoms with van der Waals surface area (Å²) in [5.41, 5.74) is 0.977. The number of aliphatic carboxylic acids is 1. The summed E-state index contributed by atoms with van der Waals surface area (Å²) in [4.78, 5) is 25.2. The lowest BCUT2D eigenvalue weighted by Crippen LogP contribution is -2.29. The molecule has 0 spiro atoms. The second-order valence-electron chi connectivity index (χ2n) is 9.28. The number of fused-ring (bicyclic) bond motifs is 3. The molecule has 0 fully saturated rings. The number of thioether (sulfide) groups is 1. The molecule has 1 N–H and O–H groups in total. The number of nitrogens with zero attached hydrogens (tertiary/aromatic N) is 1. The van der Waals surface area contributed by atoms with Gasteiger partial charge < -0.3 is 5.11 Å². The van der Waals surface area contributed by atoms with Gasteiger partial charge in [-0.1, -0.05) is 60.7 Å². The van der Waals surface area contributed by atoms with Crippen molar-refractivity contribution >= 4 is 39.3 Å². The first-order valence-electron chi connectivity index (χ1n) is 11.9. The van der Waals surface area contributed by atoms with Gasteiger partial charge in [0.05, 0.1) is 10.6 Å². The predicted octanol–water partition coefficient (Wildman–Crippen LogP) is 7.16. The zero-order chi connectivity index (χ0) is 26.6. The van der Waals surface area contributed by atoms with Crippen LogP contribution in [0.2, 0.25) is 0 Å². The first kappa shape index (κ1) is 24.3. The maximum atomic E-state index is 13.6. The van der Waals surface area contributed by atoms with Crippen LogP contribution in [0, 0.1) is 0 Å². The van der Waals surface area contributed by atoms with Crippen LogP contribution in [0.3, 0.4) is 0 Å². The number of pyridine rings is 1. The summed E-state index contributed by atoms with van der Waals surface area (Å²) < 4.78 is 42.1. The van der Waals surface area contributed by atoms with Crippen molar-refractivity contribution in [1.82, 2.24) is 4.57 Å². The molecule has 4 nitrogen and oxygen atoms in total. The van der Waals surface area contributed by atoms with Gasteiger partial charge in [-0.25, -0.2) is 4.79 Å². The third kappa shape index (κ3) is 4.05. The van der Waals surface area contributed by atoms with Crippen molar-refractivity contribution in [2.45, 2.75) is 23.7 Å². The molecule has 0 saturated carbocycles. The van der Waals surface area contributed by atoms with E-state index in [0.717, 1.165) is 39.2 Å². The minimum absolute atomic E-state index is 0.122. The van der Waals surface area contributed by atoms with Crippen molar-refractivity contribution in [1.29, 1.82) is 0 Å². The molecule has 5 aromatic rings. The van der Waals surface area contributed by atoms with Crippen molar-refractivity contribution in [3.05, 3.63) is 112 Å². The average molecular weight is 532 g/mol. The van der Waals surface area contributed by atoms with Crippen molar-refractivity contribution < 1.29 is 23.1 Å². The number of carboxylic acids is 1. The minimum Gasteiger partial charge on any atom is -0.480 e. The van der Waals surface area contributed by atoms with Gasteiger partial charge in [-0.2, -0.15) is 13.2 Å². The number of carboxylic acid groups (broad SMARTS) is 1. The molecule has 2 heterocycles. The van der Waals surface area contributed by atoms with Gasteiger partial charge in [-0.15, -0.1) is 11.8 Å². The van der Waals surface area contributed by atoms with Gasteiger partial charge in [0.2, 0.25) is 0 Å². The lowest BCUT2D eigenvalue weighted by atomic mass is 9.89. The van der Waals surface area contributed by atoms with Gasteiger partial charge in [0.25, 0.3) is 5.56 Å². The lowest BCUT2D eigenvalue weighted by molar-refractivity contribution is -0.140. The molecule has 0 unspecified atom stereocenters. The Labute approximate surface area is 219 Å². The SMILES string of the molecule is O=C(O)[C@@H]1CSc2c(-c3cccc(C(F)(F)F)c3)c(Cc3c4ccccc4cc4ccccc34)cc(=O)n21. The van der Waals surface area contributed by atoms with E-state index in [2.05, 4.69) is 6.07 Å². The third-order valence-corrected chi connectivity index (χ3v) is 8.15. The highest BCUT2D eigenvalue weighted by Crippen LogP contribution is 2.43. The molecule has 38 heavy (non-hydrogen) atoms. The third-order valence-electron chi connectivity index (χ3n) is 6.99. The molecule has 6 rings (SSSR count). The topological polar surface area (TPSA) is 59.3 Å². The Morgan fingerprint density at radius 1 is 0.921 bits per heavy atom. The summed E-state index contributed by atoms with van der Waals surface area (Å²) in [6, 6.07) is 23.1. The molecular weight excluding hydrogens is 511 g/mol. The van der Waals surface area contributed by atoms with Crippen LogP contribution in [-0.4, -0.2) is 21.4 Å². The molecule has 0 bridgehead atoms. The summed E-state index contributed by atoms with van der Waals surface area (Å²) in [6.45, 7) is 0. The first-order valence-corrected chi connectivity index (χ1v) is 12.9. The molecule has 1 aliphatic heterocycles. The number of halogens is 3. The van der Waals surface area contributed by atoms with E-state index < -0.39 is 29.3 Å². The zero-order valence-electron chi connectivity index (χ0n) is 19.8. The fourth-order valence-corrected chi connectivity index (χ4v) is 6.64. The molecule has 0 amide bonds. The molecule has 0 radical (unpaired) electrons. The van der Waals surface area contributed by atoms with E-state index in [0.29, 0.717) is 21.7 Å². The van der Waals surface area contributed by atoms with E-state index in [1.807, 2.05) is 48.5 Å². The summed E-state index contributed by atoms with van der Waals surface area (Å²) in [6.07, 6.45) is -4.26. The molecular formula is C30H20F3NO3S. The van der Waals surface area contributed by atoms with Gasteiger partial charge in [0, 0.05) is 17.4 Å². The molecule has 4 aromatic carbocycles. The molecule has 0 aliphatic carbocycles. The number of alkyl halides is 3. The van der Waals surface area contributed by atoms with Gasteiger partial charge in [-0.3, -0.25) is 9.36 Å². The van der Waals surface area contributed by atoms with E-state index >= 15 is 0 Å². The summed E-state index contributed by atoms with van der Waals surface area (Å²) in [5, 5.41) is 14.1. The average Bonchev–Trinajstić information content (AvgIpc) is 3.34. The van der Waals surface area contributed by atoms with Crippen LogP contribution in [0.4, 0.5) is 13.2 Å². The molecule has 190 valence electrons. The second-order valence-corrected chi connectivity index (χ2v) is 10.3. The molecule has 1 aliphatic rings. The molecule has 1 atom stereocenters. The van der Waals surface area contributed by atoms with Crippen LogP contribution in [0.1, 0.15) is 22.7 Å². The Bertz CT molecular complexity index is 1760. The van der Waals surface area contributed by atoms with Gasteiger partial charge in [0.15, 0.2) is 0 Å².